The van der Waals surface area contributed by atoms with Crippen LogP contribution in [0, 0.1) is 0 Å². The number of aromatic nitrogens is 2. The number of imidazole rings is 1. The van der Waals surface area contributed by atoms with Gasteiger partial charge in [0, 0.05) is 40.0 Å². The Bertz CT molecular complexity index is 525. The smallest absolute Gasteiger partial charge is 0.0946 e. The molecule has 0 saturated carbocycles. The molecule has 1 N–H and O–H groups in total. The van der Waals surface area contributed by atoms with Crippen molar-refractivity contribution in [2.45, 2.75) is 32.5 Å². The van der Waals surface area contributed by atoms with Gasteiger partial charge in [0.1, 0.15) is 0 Å². The second-order valence-electron chi connectivity index (χ2n) is 4.71. The van der Waals surface area contributed by atoms with Gasteiger partial charge in [-0.1, -0.05) is 37.9 Å². The third-order valence-electron chi connectivity index (χ3n) is 3.01. The van der Waals surface area contributed by atoms with E-state index >= 15 is 0 Å². The average Bonchev–Trinajstić information content (AvgIpc) is 2.81. The minimum absolute atomic E-state index is 0.293. The highest BCUT2D eigenvalue weighted by molar-refractivity contribution is 9.11. The SMILES string of the molecule is CC(Cn1ccnc1)NC(C)c1ccc(Br)cc1Br. The maximum atomic E-state index is 4.06. The number of nitrogens with zero attached hydrogens (tertiary/aromatic N) is 2. The third-order valence-corrected chi connectivity index (χ3v) is 4.19. The van der Waals surface area contributed by atoms with Crippen molar-refractivity contribution in [2.24, 2.45) is 0 Å². The summed E-state index contributed by atoms with van der Waals surface area (Å²) in [6.45, 7) is 5.28. The molecule has 0 saturated heterocycles. The van der Waals surface area contributed by atoms with Crippen LogP contribution in [0.2, 0.25) is 0 Å². The first-order valence-electron chi connectivity index (χ1n) is 6.23. The molecule has 3 nitrogen and oxygen atoms in total. The van der Waals surface area contributed by atoms with Gasteiger partial charge >= 0.3 is 0 Å². The van der Waals surface area contributed by atoms with E-state index in [1.165, 1.54) is 5.56 Å². The molecule has 1 aromatic heterocycles. The number of hydrogen-bond donors (Lipinski definition) is 1. The van der Waals surface area contributed by atoms with Gasteiger partial charge in [0.15, 0.2) is 0 Å². The zero-order valence-corrected chi connectivity index (χ0v) is 14.1. The van der Waals surface area contributed by atoms with Crippen LogP contribution in [-0.4, -0.2) is 15.6 Å². The van der Waals surface area contributed by atoms with Gasteiger partial charge in [-0.15, -0.1) is 0 Å². The van der Waals surface area contributed by atoms with E-state index in [-0.39, 0.29) is 0 Å². The topological polar surface area (TPSA) is 29.9 Å². The van der Waals surface area contributed by atoms with E-state index < -0.39 is 0 Å². The van der Waals surface area contributed by atoms with Crippen molar-refractivity contribution in [1.29, 1.82) is 0 Å². The summed E-state index contributed by atoms with van der Waals surface area (Å²) < 4.78 is 4.29. The van der Waals surface area contributed by atoms with Gasteiger partial charge in [0.2, 0.25) is 0 Å². The molecular formula is C14H17Br2N3. The van der Waals surface area contributed by atoms with E-state index in [9.17, 15) is 0 Å². The molecule has 0 bridgehead atoms. The summed E-state index contributed by atoms with van der Waals surface area (Å²) in [7, 11) is 0. The van der Waals surface area contributed by atoms with Crippen molar-refractivity contribution in [1.82, 2.24) is 14.9 Å². The van der Waals surface area contributed by atoms with Crippen molar-refractivity contribution < 1.29 is 0 Å². The van der Waals surface area contributed by atoms with Crippen LogP contribution in [0.5, 0.6) is 0 Å². The van der Waals surface area contributed by atoms with Crippen LogP contribution in [-0.2, 0) is 6.54 Å². The number of hydrogen-bond acceptors (Lipinski definition) is 2. The van der Waals surface area contributed by atoms with Crippen molar-refractivity contribution in [3.63, 3.8) is 0 Å². The van der Waals surface area contributed by atoms with Gasteiger partial charge in [0.25, 0.3) is 0 Å². The largest absolute Gasteiger partial charge is 0.336 e. The van der Waals surface area contributed by atoms with Crippen molar-refractivity contribution in [3.8, 4) is 0 Å². The Balaban J connectivity index is 1.98. The van der Waals surface area contributed by atoms with E-state index in [1.54, 1.807) is 0 Å². The number of benzene rings is 1. The van der Waals surface area contributed by atoms with Gasteiger partial charge in [-0.25, -0.2) is 4.98 Å². The highest BCUT2D eigenvalue weighted by Crippen LogP contribution is 2.27. The average molecular weight is 387 g/mol. The minimum atomic E-state index is 0.293. The van der Waals surface area contributed by atoms with Crippen LogP contribution < -0.4 is 5.32 Å². The zero-order chi connectivity index (χ0) is 13.8. The molecule has 1 heterocycles. The second-order valence-corrected chi connectivity index (χ2v) is 6.48. The molecule has 5 heteroatoms. The standard InChI is InChI=1S/C14H17Br2N3/c1-10(8-19-6-5-17-9-19)18-11(2)13-4-3-12(15)7-14(13)16/h3-7,9-11,18H,8H2,1-2H3. The Hall–Kier alpha value is -0.650. The molecule has 0 spiro atoms. The number of nitrogens with one attached hydrogen (secondary N) is 1. The molecular weight excluding hydrogens is 370 g/mol. The molecule has 102 valence electrons. The summed E-state index contributed by atoms with van der Waals surface area (Å²) in [5.41, 5.74) is 1.26. The van der Waals surface area contributed by atoms with E-state index in [2.05, 4.69) is 78.8 Å². The van der Waals surface area contributed by atoms with Crippen LogP contribution in [0.1, 0.15) is 25.5 Å². The maximum Gasteiger partial charge on any atom is 0.0946 e. The van der Waals surface area contributed by atoms with Gasteiger partial charge in [-0.05, 0) is 31.5 Å². The quantitative estimate of drug-likeness (QED) is 0.836. The fourth-order valence-electron chi connectivity index (χ4n) is 2.13. The Labute approximate surface area is 130 Å². The summed E-state index contributed by atoms with van der Waals surface area (Å²) in [4.78, 5) is 4.06. The molecule has 0 fully saturated rings. The molecule has 2 unspecified atom stereocenters. The summed E-state index contributed by atoms with van der Waals surface area (Å²) in [5.74, 6) is 0. The normalized spacial score (nSPS) is 14.3. The summed E-state index contributed by atoms with van der Waals surface area (Å²) in [6.07, 6.45) is 5.64. The lowest BCUT2D eigenvalue weighted by Crippen LogP contribution is -2.32. The lowest BCUT2D eigenvalue weighted by molar-refractivity contribution is 0.429. The Morgan fingerprint density at radius 2 is 2.11 bits per heavy atom. The van der Waals surface area contributed by atoms with E-state index in [0.29, 0.717) is 12.1 Å². The molecule has 2 aromatic rings. The van der Waals surface area contributed by atoms with E-state index in [1.807, 2.05) is 18.7 Å². The van der Waals surface area contributed by atoms with Gasteiger partial charge < -0.3 is 9.88 Å². The van der Waals surface area contributed by atoms with Gasteiger partial charge in [-0.2, -0.15) is 0 Å². The Morgan fingerprint density at radius 1 is 1.32 bits per heavy atom. The van der Waals surface area contributed by atoms with Crippen molar-refractivity contribution >= 4 is 31.9 Å². The predicted octanol–water partition coefficient (Wildman–Crippen LogP) is 4.15. The van der Waals surface area contributed by atoms with Crippen LogP contribution in [0.4, 0.5) is 0 Å². The molecule has 0 aliphatic carbocycles. The summed E-state index contributed by atoms with van der Waals surface area (Å²) >= 11 is 7.09. The Morgan fingerprint density at radius 3 is 2.74 bits per heavy atom. The van der Waals surface area contributed by atoms with Crippen molar-refractivity contribution in [3.05, 3.63) is 51.4 Å². The number of rotatable bonds is 5. The zero-order valence-electron chi connectivity index (χ0n) is 11.0. The van der Waals surface area contributed by atoms with Crippen LogP contribution in [0.15, 0.2) is 45.9 Å². The molecule has 2 atom stereocenters. The molecule has 0 radical (unpaired) electrons. The fraction of sp³-hybridized carbons (Fsp3) is 0.357. The molecule has 1 aromatic carbocycles. The fourth-order valence-corrected chi connectivity index (χ4v) is 3.52. The first-order chi connectivity index (χ1) is 9.06. The highest BCUT2D eigenvalue weighted by atomic mass is 79.9. The number of halogens is 2. The first-order valence-corrected chi connectivity index (χ1v) is 7.81. The summed E-state index contributed by atoms with van der Waals surface area (Å²) in [5, 5.41) is 3.60. The van der Waals surface area contributed by atoms with E-state index in [4.69, 9.17) is 0 Å². The molecule has 0 aliphatic heterocycles. The van der Waals surface area contributed by atoms with Crippen LogP contribution in [0.3, 0.4) is 0 Å². The van der Waals surface area contributed by atoms with Crippen LogP contribution >= 0.6 is 31.9 Å². The molecule has 19 heavy (non-hydrogen) atoms. The summed E-state index contributed by atoms with van der Waals surface area (Å²) in [6, 6.07) is 6.95. The predicted molar refractivity (Wildman–Crippen MR) is 85.1 cm³/mol. The molecule has 0 amide bonds. The third kappa shape index (κ3) is 4.16. The second kappa shape index (κ2) is 6.68. The van der Waals surface area contributed by atoms with Gasteiger partial charge in [0.05, 0.1) is 6.33 Å². The maximum absolute atomic E-state index is 4.06. The van der Waals surface area contributed by atoms with Crippen molar-refractivity contribution in [2.75, 3.05) is 0 Å². The lowest BCUT2D eigenvalue weighted by atomic mass is 10.1. The lowest BCUT2D eigenvalue weighted by Gasteiger charge is -2.21. The molecule has 0 aliphatic rings. The monoisotopic (exact) mass is 385 g/mol. The first kappa shape index (κ1) is 14.8. The van der Waals surface area contributed by atoms with Crippen LogP contribution in [0.25, 0.3) is 0 Å². The Kier molecular flexibility index (Phi) is 5.19. The molecule has 2 rings (SSSR count). The van der Waals surface area contributed by atoms with Gasteiger partial charge in [-0.3, -0.25) is 0 Å². The van der Waals surface area contributed by atoms with E-state index in [0.717, 1.165) is 15.5 Å². The highest BCUT2D eigenvalue weighted by Gasteiger charge is 2.12. The minimum Gasteiger partial charge on any atom is -0.336 e.